The van der Waals surface area contributed by atoms with Crippen molar-refractivity contribution in [2.75, 3.05) is 19.8 Å². The maximum Gasteiger partial charge on any atom is 0.240 e. The van der Waals surface area contributed by atoms with E-state index in [1.807, 2.05) is 32.4 Å². The number of rotatable bonds is 7. The van der Waals surface area contributed by atoms with Crippen molar-refractivity contribution in [1.82, 2.24) is 10.0 Å². The molecule has 0 aliphatic heterocycles. The molecule has 0 aliphatic carbocycles. The van der Waals surface area contributed by atoms with Crippen LogP contribution in [0.5, 0.6) is 0 Å². The summed E-state index contributed by atoms with van der Waals surface area (Å²) in [6, 6.07) is 6.92. The SMILES string of the molecule is CNCc1ccc(S(=O)(=O)NCC(C)SC)cc1. The van der Waals surface area contributed by atoms with E-state index in [2.05, 4.69) is 10.0 Å². The molecule has 1 rings (SSSR count). The maximum atomic E-state index is 12.0. The highest BCUT2D eigenvalue weighted by atomic mass is 32.2. The van der Waals surface area contributed by atoms with Crippen LogP contribution in [0.2, 0.25) is 0 Å². The van der Waals surface area contributed by atoms with Crippen LogP contribution >= 0.6 is 11.8 Å². The van der Waals surface area contributed by atoms with E-state index in [0.717, 1.165) is 12.1 Å². The fourth-order valence-electron chi connectivity index (χ4n) is 1.38. The summed E-state index contributed by atoms with van der Waals surface area (Å²) >= 11 is 1.63. The first kappa shape index (κ1) is 15.5. The van der Waals surface area contributed by atoms with Crippen LogP contribution < -0.4 is 10.0 Å². The van der Waals surface area contributed by atoms with Crippen LogP contribution in [0, 0.1) is 0 Å². The summed E-state index contributed by atoms with van der Waals surface area (Å²) < 4.78 is 26.6. The van der Waals surface area contributed by atoms with E-state index in [4.69, 9.17) is 0 Å². The van der Waals surface area contributed by atoms with Crippen molar-refractivity contribution in [3.63, 3.8) is 0 Å². The van der Waals surface area contributed by atoms with Gasteiger partial charge in [-0.2, -0.15) is 11.8 Å². The standard InChI is InChI=1S/C12H20N2O2S2/c1-10(17-3)8-14-18(15,16)12-6-4-11(5-7-12)9-13-2/h4-7,10,13-14H,8-9H2,1-3H3. The molecule has 1 aromatic carbocycles. The number of thioether (sulfide) groups is 1. The Balaban J connectivity index is 2.72. The first-order chi connectivity index (χ1) is 8.49. The first-order valence-corrected chi connectivity index (χ1v) is 8.52. The average molecular weight is 288 g/mol. The van der Waals surface area contributed by atoms with E-state index in [0.29, 0.717) is 11.4 Å². The second-order valence-electron chi connectivity index (χ2n) is 4.07. The monoisotopic (exact) mass is 288 g/mol. The Morgan fingerprint density at radius 2 is 1.89 bits per heavy atom. The van der Waals surface area contributed by atoms with E-state index in [1.54, 1.807) is 23.9 Å². The van der Waals surface area contributed by atoms with Crippen molar-refractivity contribution >= 4 is 21.8 Å². The van der Waals surface area contributed by atoms with Crippen LogP contribution in [0.25, 0.3) is 0 Å². The Morgan fingerprint density at radius 1 is 1.28 bits per heavy atom. The van der Waals surface area contributed by atoms with E-state index >= 15 is 0 Å². The van der Waals surface area contributed by atoms with Crippen LogP contribution in [0.4, 0.5) is 0 Å². The molecule has 102 valence electrons. The van der Waals surface area contributed by atoms with Crippen LogP contribution in [-0.4, -0.2) is 33.5 Å². The van der Waals surface area contributed by atoms with Crippen molar-refractivity contribution in [3.8, 4) is 0 Å². The van der Waals surface area contributed by atoms with Gasteiger partial charge in [-0.1, -0.05) is 19.1 Å². The van der Waals surface area contributed by atoms with Crippen molar-refractivity contribution < 1.29 is 8.42 Å². The topological polar surface area (TPSA) is 58.2 Å². The van der Waals surface area contributed by atoms with Crippen LogP contribution in [-0.2, 0) is 16.6 Å². The zero-order valence-corrected chi connectivity index (χ0v) is 12.6. The zero-order chi connectivity index (χ0) is 13.6. The molecular formula is C12H20N2O2S2. The van der Waals surface area contributed by atoms with Crippen molar-refractivity contribution in [1.29, 1.82) is 0 Å². The number of sulfonamides is 1. The molecule has 0 aliphatic rings. The Morgan fingerprint density at radius 3 is 2.39 bits per heavy atom. The lowest BCUT2D eigenvalue weighted by Crippen LogP contribution is -2.29. The highest BCUT2D eigenvalue weighted by Gasteiger charge is 2.14. The highest BCUT2D eigenvalue weighted by molar-refractivity contribution is 7.99. The Labute approximate surface area is 114 Å². The second-order valence-corrected chi connectivity index (χ2v) is 7.12. The van der Waals surface area contributed by atoms with Gasteiger partial charge in [0.15, 0.2) is 0 Å². The van der Waals surface area contributed by atoms with E-state index < -0.39 is 10.0 Å². The molecule has 2 N–H and O–H groups in total. The lowest BCUT2D eigenvalue weighted by Gasteiger charge is -2.11. The molecule has 1 aromatic rings. The van der Waals surface area contributed by atoms with E-state index in [1.165, 1.54) is 0 Å². The molecule has 0 saturated heterocycles. The largest absolute Gasteiger partial charge is 0.316 e. The third-order valence-corrected chi connectivity index (χ3v) is 4.99. The van der Waals surface area contributed by atoms with Crippen LogP contribution in [0.15, 0.2) is 29.2 Å². The minimum Gasteiger partial charge on any atom is -0.316 e. The molecule has 0 amide bonds. The molecule has 0 aromatic heterocycles. The fraction of sp³-hybridized carbons (Fsp3) is 0.500. The van der Waals surface area contributed by atoms with Crippen molar-refractivity contribution in [2.45, 2.75) is 23.6 Å². The Hall–Kier alpha value is -0.560. The zero-order valence-electron chi connectivity index (χ0n) is 10.9. The Kier molecular flexibility index (Phi) is 6.14. The summed E-state index contributed by atoms with van der Waals surface area (Å²) in [7, 11) is -1.52. The summed E-state index contributed by atoms with van der Waals surface area (Å²) in [5.74, 6) is 0. The molecular weight excluding hydrogens is 268 g/mol. The lowest BCUT2D eigenvalue weighted by atomic mass is 10.2. The summed E-state index contributed by atoms with van der Waals surface area (Å²) in [6.45, 7) is 3.17. The van der Waals surface area contributed by atoms with Crippen molar-refractivity contribution in [2.24, 2.45) is 0 Å². The summed E-state index contributed by atoms with van der Waals surface area (Å²) in [5, 5.41) is 3.29. The van der Waals surface area contributed by atoms with Crippen molar-refractivity contribution in [3.05, 3.63) is 29.8 Å². The second kappa shape index (κ2) is 7.13. The van der Waals surface area contributed by atoms with Gasteiger partial charge in [0.2, 0.25) is 10.0 Å². The fourth-order valence-corrected chi connectivity index (χ4v) is 2.87. The molecule has 1 unspecified atom stereocenters. The van der Waals surface area contributed by atoms with Gasteiger partial charge in [-0.05, 0) is 31.0 Å². The van der Waals surface area contributed by atoms with Gasteiger partial charge < -0.3 is 5.32 Å². The quantitative estimate of drug-likeness (QED) is 0.797. The minimum atomic E-state index is -3.38. The summed E-state index contributed by atoms with van der Waals surface area (Å²) in [4.78, 5) is 0.315. The van der Waals surface area contributed by atoms with Gasteiger partial charge in [0.05, 0.1) is 4.90 Å². The summed E-state index contributed by atoms with van der Waals surface area (Å²) in [6.07, 6.45) is 1.96. The molecule has 1 atom stereocenters. The predicted molar refractivity (Wildman–Crippen MR) is 77.4 cm³/mol. The molecule has 4 nitrogen and oxygen atoms in total. The van der Waals surface area contributed by atoms with E-state index in [-0.39, 0.29) is 5.25 Å². The molecule has 6 heteroatoms. The molecule has 0 heterocycles. The van der Waals surface area contributed by atoms with Gasteiger partial charge in [-0.15, -0.1) is 0 Å². The van der Waals surface area contributed by atoms with Gasteiger partial charge in [0.1, 0.15) is 0 Å². The minimum absolute atomic E-state index is 0.267. The highest BCUT2D eigenvalue weighted by Crippen LogP contribution is 2.11. The average Bonchev–Trinajstić information content (AvgIpc) is 2.37. The predicted octanol–water partition coefficient (Wildman–Crippen LogP) is 1.44. The van der Waals surface area contributed by atoms with Crippen LogP contribution in [0.3, 0.4) is 0 Å². The van der Waals surface area contributed by atoms with Gasteiger partial charge in [0, 0.05) is 18.3 Å². The van der Waals surface area contributed by atoms with Gasteiger partial charge in [-0.25, -0.2) is 13.1 Å². The molecule has 0 saturated carbocycles. The van der Waals surface area contributed by atoms with Crippen LogP contribution in [0.1, 0.15) is 12.5 Å². The third kappa shape index (κ3) is 4.61. The molecule has 0 spiro atoms. The molecule has 0 radical (unpaired) electrons. The lowest BCUT2D eigenvalue weighted by molar-refractivity contribution is 0.581. The molecule has 0 fully saturated rings. The normalized spacial score (nSPS) is 13.5. The van der Waals surface area contributed by atoms with Gasteiger partial charge in [0.25, 0.3) is 0 Å². The number of hydrogen-bond donors (Lipinski definition) is 2. The van der Waals surface area contributed by atoms with E-state index in [9.17, 15) is 8.42 Å². The summed E-state index contributed by atoms with van der Waals surface area (Å²) in [5.41, 5.74) is 1.06. The first-order valence-electron chi connectivity index (χ1n) is 5.75. The molecule has 18 heavy (non-hydrogen) atoms. The number of nitrogens with one attached hydrogen (secondary N) is 2. The smallest absolute Gasteiger partial charge is 0.240 e. The van der Waals surface area contributed by atoms with Gasteiger partial charge >= 0.3 is 0 Å². The molecule has 0 bridgehead atoms. The Bertz CT molecular complexity index is 457. The van der Waals surface area contributed by atoms with Gasteiger partial charge in [-0.3, -0.25) is 0 Å². The third-order valence-electron chi connectivity index (χ3n) is 2.58. The maximum absolute atomic E-state index is 12.0. The number of hydrogen-bond acceptors (Lipinski definition) is 4. The number of benzene rings is 1.